The highest BCUT2D eigenvalue weighted by atomic mass is 19.3. The number of nitrogens with zero attached hydrogens (tertiary/aromatic N) is 2. The molecule has 2 aliphatic rings. The van der Waals surface area contributed by atoms with Crippen molar-refractivity contribution in [1.29, 1.82) is 0 Å². The molecule has 9 nitrogen and oxygen atoms in total. The highest BCUT2D eigenvalue weighted by Gasteiger charge is 2.61. The maximum absolute atomic E-state index is 13.3. The number of nitrogens with one attached hydrogen (secondary N) is 3. The Bertz CT molecular complexity index is 1410. The molecule has 1 saturated carbocycles. The second kappa shape index (κ2) is 9.23. The minimum Gasteiger partial charge on any atom is -0.444 e. The quantitative estimate of drug-likeness (QED) is 0.415. The summed E-state index contributed by atoms with van der Waals surface area (Å²) in [5.74, 6) is -5.33. The maximum Gasteiger partial charge on any atom is 0.411 e. The van der Waals surface area contributed by atoms with E-state index in [0.29, 0.717) is 28.2 Å². The summed E-state index contributed by atoms with van der Waals surface area (Å²) in [6.07, 6.45) is 0.358. The van der Waals surface area contributed by atoms with Crippen LogP contribution in [0.1, 0.15) is 43.2 Å². The van der Waals surface area contributed by atoms with Crippen molar-refractivity contribution < 1.29 is 27.9 Å². The third-order valence-electron chi connectivity index (χ3n) is 6.18. The zero-order valence-electron chi connectivity index (χ0n) is 21.1. The van der Waals surface area contributed by atoms with Crippen molar-refractivity contribution in [3.63, 3.8) is 0 Å². The minimum absolute atomic E-state index is 0.107. The summed E-state index contributed by atoms with van der Waals surface area (Å²) in [7, 11) is 0. The van der Waals surface area contributed by atoms with Crippen molar-refractivity contribution in [3.8, 4) is 11.3 Å². The Morgan fingerprint density at radius 2 is 1.87 bits per heavy atom. The van der Waals surface area contributed by atoms with Gasteiger partial charge in [0.1, 0.15) is 17.3 Å². The second-order valence-corrected chi connectivity index (χ2v) is 10.4. The molecule has 198 valence electrons. The molecular weight excluding hydrogens is 496 g/mol. The fourth-order valence-electron chi connectivity index (χ4n) is 4.31. The first kappa shape index (κ1) is 25.4. The Balaban J connectivity index is 1.50. The van der Waals surface area contributed by atoms with Gasteiger partial charge in [-0.2, -0.15) is 0 Å². The lowest BCUT2D eigenvalue weighted by atomic mass is 10.0. The maximum atomic E-state index is 13.3. The van der Waals surface area contributed by atoms with E-state index < -0.39 is 35.9 Å². The molecule has 1 aliphatic heterocycles. The molecule has 0 spiro atoms. The monoisotopic (exact) mass is 523 g/mol. The first-order chi connectivity index (χ1) is 17.9. The second-order valence-electron chi connectivity index (χ2n) is 10.4. The number of aromatic amines is 1. The summed E-state index contributed by atoms with van der Waals surface area (Å²) < 4.78 is 32.1. The molecule has 1 aliphatic carbocycles. The number of benzene rings is 1. The van der Waals surface area contributed by atoms with Gasteiger partial charge in [0.05, 0.1) is 30.0 Å². The summed E-state index contributed by atoms with van der Waals surface area (Å²) in [5.41, 5.74) is 2.51. The van der Waals surface area contributed by atoms with Gasteiger partial charge in [0.25, 0.3) is 5.92 Å². The van der Waals surface area contributed by atoms with Crippen LogP contribution in [0.15, 0.2) is 48.7 Å². The SMILES string of the molecule is CC(C)(C)OC(=O)N1CC(=O)c2c([nH]c(-c3ccnc(NC(=O)[C@H]4CC4(F)F)c3)c2Nc2ccccc2)C1. The molecule has 2 amide bonds. The zero-order chi connectivity index (χ0) is 27.2. The first-order valence-corrected chi connectivity index (χ1v) is 12.1. The smallest absolute Gasteiger partial charge is 0.411 e. The number of halogens is 2. The van der Waals surface area contributed by atoms with E-state index in [-0.39, 0.29) is 24.7 Å². The van der Waals surface area contributed by atoms with Crippen molar-refractivity contribution in [2.75, 3.05) is 17.2 Å². The lowest BCUT2D eigenvalue weighted by Crippen LogP contribution is -2.42. The van der Waals surface area contributed by atoms with E-state index in [9.17, 15) is 23.2 Å². The number of carbonyl (C=O) groups is 3. The standard InChI is InChI=1S/C27H27F2N5O4/c1-26(2,3)38-25(37)34-13-18-21(19(35)14-34)23(31-16-7-5-4-6-8-16)22(32-18)15-9-10-30-20(11-15)33-24(36)17-12-27(17,28)29/h4-11,17,31-32H,12-14H2,1-3H3,(H,30,33,36)/t17-/m1/s1. The average molecular weight is 524 g/mol. The molecule has 38 heavy (non-hydrogen) atoms. The van der Waals surface area contributed by atoms with Gasteiger partial charge >= 0.3 is 6.09 Å². The molecule has 0 saturated heterocycles. The van der Waals surface area contributed by atoms with Gasteiger partial charge in [0.15, 0.2) is 5.78 Å². The van der Waals surface area contributed by atoms with E-state index in [1.807, 2.05) is 30.3 Å². The van der Waals surface area contributed by atoms with Gasteiger partial charge in [-0.15, -0.1) is 0 Å². The predicted molar refractivity (Wildman–Crippen MR) is 136 cm³/mol. The molecular formula is C27H27F2N5O4. The van der Waals surface area contributed by atoms with E-state index in [1.165, 1.54) is 11.1 Å². The summed E-state index contributed by atoms with van der Waals surface area (Å²) in [6.45, 7) is 5.21. The van der Waals surface area contributed by atoms with E-state index in [1.54, 1.807) is 32.9 Å². The van der Waals surface area contributed by atoms with Gasteiger partial charge in [-0.25, -0.2) is 18.6 Å². The summed E-state index contributed by atoms with van der Waals surface area (Å²) >= 11 is 0. The van der Waals surface area contributed by atoms with Gasteiger partial charge < -0.3 is 20.4 Å². The molecule has 1 fully saturated rings. The summed E-state index contributed by atoms with van der Waals surface area (Å²) in [4.78, 5) is 46.9. The number of anilines is 3. The van der Waals surface area contributed by atoms with Crippen LogP contribution in [0.4, 0.5) is 30.8 Å². The number of H-pyrrole nitrogens is 1. The number of ketones is 1. The Kier molecular flexibility index (Phi) is 6.16. The molecule has 1 aromatic carbocycles. The molecule has 3 heterocycles. The average Bonchev–Trinajstić information content (AvgIpc) is 3.33. The predicted octanol–water partition coefficient (Wildman–Crippen LogP) is 5.35. The summed E-state index contributed by atoms with van der Waals surface area (Å²) in [5, 5.41) is 5.75. The largest absolute Gasteiger partial charge is 0.444 e. The highest BCUT2D eigenvalue weighted by molar-refractivity contribution is 6.09. The van der Waals surface area contributed by atoms with Gasteiger partial charge in [-0.1, -0.05) is 18.2 Å². The number of para-hydroxylation sites is 1. The summed E-state index contributed by atoms with van der Waals surface area (Å²) in [6, 6.07) is 12.5. The number of Topliss-reactive ketones (excluding diaryl/α,β-unsaturated/α-hetero) is 1. The molecule has 5 rings (SSSR count). The van der Waals surface area contributed by atoms with Crippen molar-refractivity contribution >= 4 is 35.0 Å². The molecule has 0 unspecified atom stereocenters. The van der Waals surface area contributed by atoms with Crippen LogP contribution in [0, 0.1) is 5.92 Å². The van der Waals surface area contributed by atoms with E-state index in [0.717, 1.165) is 5.69 Å². The number of pyridine rings is 1. The number of ether oxygens (including phenoxy) is 1. The van der Waals surface area contributed by atoms with Crippen molar-refractivity contribution in [1.82, 2.24) is 14.9 Å². The van der Waals surface area contributed by atoms with Crippen LogP contribution in [-0.2, 0) is 16.1 Å². The zero-order valence-corrected chi connectivity index (χ0v) is 21.1. The van der Waals surface area contributed by atoms with Crippen molar-refractivity contribution in [2.24, 2.45) is 5.92 Å². The molecule has 0 bridgehead atoms. The highest BCUT2D eigenvalue weighted by Crippen LogP contribution is 2.49. The Morgan fingerprint density at radius 3 is 2.53 bits per heavy atom. The van der Waals surface area contributed by atoms with Gasteiger partial charge in [0, 0.05) is 29.6 Å². The van der Waals surface area contributed by atoms with Crippen LogP contribution in [0.3, 0.4) is 0 Å². The number of alkyl halides is 2. The minimum atomic E-state index is -2.99. The van der Waals surface area contributed by atoms with E-state index in [2.05, 4.69) is 20.6 Å². The number of rotatable bonds is 5. The number of hydrogen-bond acceptors (Lipinski definition) is 6. The van der Waals surface area contributed by atoms with Crippen LogP contribution in [-0.4, -0.2) is 50.7 Å². The molecule has 11 heteroatoms. The van der Waals surface area contributed by atoms with Crippen LogP contribution >= 0.6 is 0 Å². The van der Waals surface area contributed by atoms with Gasteiger partial charge in [0.2, 0.25) is 5.91 Å². The third kappa shape index (κ3) is 5.22. The van der Waals surface area contributed by atoms with Gasteiger partial charge in [-0.3, -0.25) is 14.5 Å². The van der Waals surface area contributed by atoms with Crippen LogP contribution in [0.2, 0.25) is 0 Å². The molecule has 0 radical (unpaired) electrons. The lowest BCUT2D eigenvalue weighted by Gasteiger charge is -2.29. The number of aromatic nitrogens is 2. The normalized spacial score (nSPS) is 18.0. The fourth-order valence-corrected chi connectivity index (χ4v) is 4.31. The molecule has 3 aromatic rings. The first-order valence-electron chi connectivity index (χ1n) is 12.1. The number of carbonyl (C=O) groups excluding carboxylic acids is 3. The third-order valence-corrected chi connectivity index (χ3v) is 6.18. The number of hydrogen-bond donors (Lipinski definition) is 3. The number of amides is 2. The van der Waals surface area contributed by atoms with Crippen LogP contribution in [0.25, 0.3) is 11.3 Å². The molecule has 1 atom stereocenters. The van der Waals surface area contributed by atoms with Crippen molar-refractivity contribution in [3.05, 3.63) is 59.9 Å². The Labute approximate surface area is 217 Å². The Hall–Kier alpha value is -4.28. The Morgan fingerprint density at radius 1 is 1.16 bits per heavy atom. The van der Waals surface area contributed by atoms with Gasteiger partial charge in [-0.05, 0) is 45.0 Å². The van der Waals surface area contributed by atoms with Crippen LogP contribution in [0.5, 0.6) is 0 Å². The number of fused-ring (bicyclic) bond motifs is 1. The van der Waals surface area contributed by atoms with Crippen molar-refractivity contribution in [2.45, 2.75) is 45.3 Å². The topological polar surface area (TPSA) is 116 Å². The molecule has 2 aromatic heterocycles. The van der Waals surface area contributed by atoms with Crippen LogP contribution < -0.4 is 10.6 Å². The fraction of sp³-hybridized carbons (Fsp3) is 0.333. The lowest BCUT2D eigenvalue weighted by molar-refractivity contribution is -0.119. The van der Waals surface area contributed by atoms with E-state index in [4.69, 9.17) is 4.74 Å². The van der Waals surface area contributed by atoms with E-state index >= 15 is 0 Å². The molecule has 3 N–H and O–H groups in total.